The molecule has 0 aliphatic carbocycles. The Morgan fingerprint density at radius 3 is 1.83 bits per heavy atom. The average molecular weight is 659 g/mol. The molecule has 0 bridgehead atoms. The average Bonchev–Trinajstić information content (AvgIpc) is 3.45. The summed E-state index contributed by atoms with van der Waals surface area (Å²) in [6, 6.07) is 13.1. The smallest absolute Gasteiger partial charge is 0.289 e. The van der Waals surface area contributed by atoms with Crippen molar-refractivity contribution in [2.75, 3.05) is 11.4 Å². The molecule has 0 spiro atoms. The maximum absolute atomic E-state index is 13.6. The molecule has 246 valence electrons. The molecule has 1 N–H and O–H groups in total. The molecule has 2 heterocycles. The molecule has 0 saturated carbocycles. The summed E-state index contributed by atoms with van der Waals surface area (Å²) < 4.78 is 32.0. The second kappa shape index (κ2) is 13.0. The maximum atomic E-state index is 13.6. The van der Waals surface area contributed by atoms with Gasteiger partial charge < -0.3 is 0 Å². The summed E-state index contributed by atoms with van der Waals surface area (Å²) in [6.07, 6.45) is 6.12. The van der Waals surface area contributed by atoms with E-state index in [2.05, 4.69) is 27.7 Å². The van der Waals surface area contributed by atoms with Gasteiger partial charge >= 0.3 is 0 Å². The van der Waals surface area contributed by atoms with E-state index < -0.39 is 38.5 Å². The van der Waals surface area contributed by atoms with Crippen LogP contribution in [-0.4, -0.2) is 53.8 Å². The molecule has 2 unspecified atom stereocenters. The summed E-state index contributed by atoms with van der Waals surface area (Å²) in [4.78, 5) is 68.7. The topological polar surface area (TPSA) is 146 Å². The highest BCUT2D eigenvalue weighted by Gasteiger charge is 2.41. The van der Waals surface area contributed by atoms with Gasteiger partial charge in [0, 0.05) is 17.7 Å². The zero-order chi connectivity index (χ0) is 34.3. The SMILES string of the molecule is CCCCCC(C)(CC)C(CC)CN1C(=O)c2ccc(C(=O)c3ccc4c(c3)C(=O)N(c3ccc(S(=O)(=O)O)cc3)C4=O)cc2C1=O. The molecule has 2 aliphatic heterocycles. The van der Waals surface area contributed by atoms with Gasteiger partial charge in [-0.3, -0.25) is 33.4 Å². The molecule has 3 aromatic rings. The van der Waals surface area contributed by atoms with Crippen LogP contribution in [0.5, 0.6) is 0 Å². The van der Waals surface area contributed by atoms with Crippen LogP contribution in [0.4, 0.5) is 5.69 Å². The van der Waals surface area contributed by atoms with E-state index in [9.17, 15) is 36.9 Å². The largest absolute Gasteiger partial charge is 0.294 e. The molecular formula is C36H38N2O8S. The molecule has 3 aromatic carbocycles. The Labute approximate surface area is 274 Å². The molecule has 11 heteroatoms. The zero-order valence-corrected chi connectivity index (χ0v) is 27.7. The van der Waals surface area contributed by atoms with Crippen molar-refractivity contribution in [1.82, 2.24) is 4.90 Å². The van der Waals surface area contributed by atoms with Crippen molar-refractivity contribution in [2.24, 2.45) is 11.3 Å². The van der Waals surface area contributed by atoms with Crippen LogP contribution in [0.2, 0.25) is 0 Å². The first kappa shape index (κ1) is 33.9. The number of imide groups is 2. The molecule has 2 atom stereocenters. The first-order valence-corrected chi connectivity index (χ1v) is 17.3. The summed E-state index contributed by atoms with van der Waals surface area (Å²) in [5.41, 5.74) is 0.796. The van der Waals surface area contributed by atoms with Crippen LogP contribution < -0.4 is 4.90 Å². The van der Waals surface area contributed by atoms with Crippen molar-refractivity contribution >= 4 is 45.2 Å². The Morgan fingerprint density at radius 2 is 1.30 bits per heavy atom. The Hall–Kier alpha value is -4.48. The number of fused-ring (bicyclic) bond motifs is 2. The Balaban J connectivity index is 1.37. The van der Waals surface area contributed by atoms with E-state index in [0.717, 1.165) is 55.6 Å². The summed E-state index contributed by atoms with van der Waals surface area (Å²) in [5, 5.41) is 0. The summed E-state index contributed by atoms with van der Waals surface area (Å²) in [7, 11) is -4.47. The minimum absolute atomic E-state index is 0.0122. The van der Waals surface area contributed by atoms with Crippen LogP contribution in [0.1, 0.15) is 124 Å². The molecule has 10 nitrogen and oxygen atoms in total. The number of unbranched alkanes of at least 4 members (excludes halogenated alkanes) is 2. The predicted molar refractivity (Wildman–Crippen MR) is 175 cm³/mol. The van der Waals surface area contributed by atoms with Gasteiger partial charge in [-0.25, -0.2) is 4.90 Å². The van der Waals surface area contributed by atoms with Crippen molar-refractivity contribution in [3.63, 3.8) is 0 Å². The first-order chi connectivity index (χ1) is 22.2. The molecule has 4 amide bonds. The normalized spacial score (nSPS) is 16.4. The number of hydrogen-bond acceptors (Lipinski definition) is 7. The maximum Gasteiger partial charge on any atom is 0.294 e. The van der Waals surface area contributed by atoms with Gasteiger partial charge in [0.1, 0.15) is 0 Å². The molecule has 5 rings (SSSR count). The van der Waals surface area contributed by atoms with Crippen LogP contribution in [0.3, 0.4) is 0 Å². The van der Waals surface area contributed by atoms with Crippen LogP contribution in [0, 0.1) is 11.3 Å². The fraction of sp³-hybridized carbons (Fsp3) is 0.361. The minimum atomic E-state index is -4.47. The number of anilines is 1. The molecule has 0 radical (unpaired) electrons. The Kier molecular flexibility index (Phi) is 9.34. The lowest BCUT2D eigenvalue weighted by Gasteiger charge is -2.38. The second-order valence-electron chi connectivity index (χ2n) is 12.6. The highest BCUT2D eigenvalue weighted by molar-refractivity contribution is 7.85. The number of amides is 4. The molecular weight excluding hydrogens is 620 g/mol. The van der Waals surface area contributed by atoms with Crippen LogP contribution >= 0.6 is 0 Å². The Morgan fingerprint density at radius 1 is 0.766 bits per heavy atom. The minimum Gasteiger partial charge on any atom is -0.289 e. The quantitative estimate of drug-likeness (QED) is 0.0938. The third kappa shape index (κ3) is 6.17. The van der Waals surface area contributed by atoms with Gasteiger partial charge in [0.2, 0.25) is 0 Å². The number of ketones is 1. The van der Waals surface area contributed by atoms with Crippen molar-refractivity contribution < 1.29 is 36.9 Å². The van der Waals surface area contributed by atoms with Crippen molar-refractivity contribution in [3.8, 4) is 0 Å². The fourth-order valence-corrected chi connectivity index (χ4v) is 7.14. The second-order valence-corrected chi connectivity index (χ2v) is 14.0. The summed E-state index contributed by atoms with van der Waals surface area (Å²) in [5.74, 6) is -2.54. The third-order valence-corrected chi connectivity index (χ3v) is 10.7. The van der Waals surface area contributed by atoms with Gasteiger partial charge in [-0.2, -0.15) is 8.42 Å². The van der Waals surface area contributed by atoms with E-state index in [1.165, 1.54) is 53.4 Å². The zero-order valence-electron chi connectivity index (χ0n) is 26.9. The van der Waals surface area contributed by atoms with Gasteiger partial charge in [0.25, 0.3) is 33.7 Å². The van der Waals surface area contributed by atoms with Crippen molar-refractivity contribution in [2.45, 2.75) is 71.1 Å². The standard InChI is InChI=1S/C36H38N2O8S/c1-5-8-9-18-36(4,7-3)24(6-2)21-37-32(40)27-16-10-22(19-29(27)33(37)41)31(39)23-11-17-28-30(20-23)35(43)38(34(28)42)25-12-14-26(15-13-25)47(44,45)46/h10-17,19-20,24H,5-9,18,21H2,1-4H3,(H,44,45,46). The number of benzene rings is 3. The number of hydrogen-bond donors (Lipinski definition) is 1. The monoisotopic (exact) mass is 658 g/mol. The van der Waals surface area contributed by atoms with E-state index in [1.807, 2.05) is 0 Å². The molecule has 0 aromatic heterocycles. The molecule has 47 heavy (non-hydrogen) atoms. The van der Waals surface area contributed by atoms with Crippen molar-refractivity contribution in [1.29, 1.82) is 0 Å². The van der Waals surface area contributed by atoms with Gasteiger partial charge in [-0.05, 0) is 66.3 Å². The van der Waals surface area contributed by atoms with Gasteiger partial charge in [-0.15, -0.1) is 0 Å². The number of carbonyl (C=O) groups is 5. The van der Waals surface area contributed by atoms with Crippen LogP contribution in [-0.2, 0) is 10.1 Å². The molecule has 0 fully saturated rings. The summed E-state index contributed by atoms with van der Waals surface area (Å²) >= 11 is 0. The van der Waals surface area contributed by atoms with Crippen molar-refractivity contribution in [3.05, 3.63) is 94.0 Å². The molecule has 2 aliphatic rings. The third-order valence-electron chi connectivity index (χ3n) is 9.81. The van der Waals surface area contributed by atoms with Gasteiger partial charge in [0.15, 0.2) is 5.78 Å². The highest BCUT2D eigenvalue weighted by atomic mass is 32.2. The number of nitrogens with zero attached hydrogens (tertiary/aromatic N) is 2. The fourth-order valence-electron chi connectivity index (χ4n) is 6.66. The van der Waals surface area contributed by atoms with E-state index in [-0.39, 0.29) is 56.3 Å². The van der Waals surface area contributed by atoms with Gasteiger partial charge in [-0.1, -0.05) is 71.9 Å². The van der Waals surface area contributed by atoms with Crippen LogP contribution in [0.15, 0.2) is 65.6 Å². The molecule has 0 saturated heterocycles. The van der Waals surface area contributed by atoms with Gasteiger partial charge in [0.05, 0.1) is 32.8 Å². The first-order valence-electron chi connectivity index (χ1n) is 15.9. The van der Waals surface area contributed by atoms with E-state index in [1.54, 1.807) is 0 Å². The summed E-state index contributed by atoms with van der Waals surface area (Å²) in [6.45, 7) is 8.94. The number of rotatable bonds is 13. The van der Waals surface area contributed by atoms with Crippen LogP contribution in [0.25, 0.3) is 0 Å². The lowest BCUT2D eigenvalue weighted by atomic mass is 9.70. The predicted octanol–water partition coefficient (Wildman–Crippen LogP) is 6.58. The number of carbonyl (C=O) groups excluding carboxylic acids is 5. The van der Waals surface area contributed by atoms with E-state index in [4.69, 9.17) is 0 Å². The lowest BCUT2D eigenvalue weighted by Crippen LogP contribution is -2.40. The lowest BCUT2D eigenvalue weighted by molar-refractivity contribution is 0.0532. The highest BCUT2D eigenvalue weighted by Crippen LogP contribution is 2.40. The Bertz CT molecular complexity index is 1900. The van der Waals surface area contributed by atoms with E-state index in [0.29, 0.717) is 6.54 Å². The van der Waals surface area contributed by atoms with E-state index >= 15 is 0 Å².